The van der Waals surface area contributed by atoms with Crippen molar-refractivity contribution in [3.05, 3.63) is 25.3 Å². The first-order chi connectivity index (χ1) is 13.5. The molecule has 0 aliphatic carbocycles. The average molecular weight is 395 g/mol. The molecule has 162 valence electrons. The lowest BCUT2D eigenvalue weighted by atomic mass is 10.1. The molecule has 6 heteroatoms. The summed E-state index contributed by atoms with van der Waals surface area (Å²) >= 11 is 0. The van der Waals surface area contributed by atoms with E-state index in [1.54, 1.807) is 0 Å². The van der Waals surface area contributed by atoms with Gasteiger partial charge >= 0.3 is 0 Å². The van der Waals surface area contributed by atoms with Gasteiger partial charge in [0.05, 0.1) is 0 Å². The number of nitrogens with zero attached hydrogens (tertiary/aromatic N) is 2. The molecule has 2 N–H and O–H groups in total. The van der Waals surface area contributed by atoms with Crippen molar-refractivity contribution in [3.8, 4) is 0 Å². The predicted octanol–water partition coefficient (Wildman–Crippen LogP) is 2.58. The van der Waals surface area contributed by atoms with Gasteiger partial charge in [-0.1, -0.05) is 38.8 Å². The summed E-state index contributed by atoms with van der Waals surface area (Å²) in [5, 5.41) is 5.61. The van der Waals surface area contributed by atoms with E-state index in [0.717, 1.165) is 39.0 Å². The maximum absolute atomic E-state index is 11.0. The van der Waals surface area contributed by atoms with E-state index in [-0.39, 0.29) is 11.8 Å². The van der Waals surface area contributed by atoms with Gasteiger partial charge in [0.2, 0.25) is 11.8 Å². The molecule has 0 spiro atoms. The first-order valence-electron chi connectivity index (χ1n) is 10.7. The van der Waals surface area contributed by atoms with Gasteiger partial charge in [-0.25, -0.2) is 0 Å². The Kier molecular flexibility index (Phi) is 17.6. The highest BCUT2D eigenvalue weighted by atomic mass is 16.2. The van der Waals surface area contributed by atoms with Gasteiger partial charge in [0.15, 0.2) is 0 Å². The molecule has 6 nitrogen and oxygen atoms in total. The van der Waals surface area contributed by atoms with E-state index in [4.69, 9.17) is 0 Å². The normalized spacial score (nSPS) is 10.9. The Morgan fingerprint density at radius 3 is 1.32 bits per heavy atom. The summed E-state index contributed by atoms with van der Waals surface area (Å²) in [7, 11) is 4.29. The van der Waals surface area contributed by atoms with Crippen LogP contribution in [0.2, 0.25) is 0 Å². The van der Waals surface area contributed by atoms with Gasteiger partial charge in [-0.05, 0) is 78.1 Å². The smallest absolute Gasteiger partial charge is 0.243 e. The second-order valence-electron chi connectivity index (χ2n) is 7.43. The molecule has 0 atom stereocenters. The maximum Gasteiger partial charge on any atom is 0.243 e. The van der Waals surface area contributed by atoms with Crippen LogP contribution in [-0.2, 0) is 9.59 Å². The number of unbranched alkanes of at least 4 members (excludes halogenated alkanes) is 5. The number of hydrogen-bond acceptors (Lipinski definition) is 4. The van der Waals surface area contributed by atoms with Crippen LogP contribution in [0.25, 0.3) is 0 Å². The number of carbonyl (C=O) groups is 2. The van der Waals surface area contributed by atoms with Gasteiger partial charge in [-0.3, -0.25) is 9.59 Å². The van der Waals surface area contributed by atoms with Gasteiger partial charge in [0.25, 0.3) is 0 Å². The van der Waals surface area contributed by atoms with Crippen molar-refractivity contribution in [2.24, 2.45) is 0 Å². The van der Waals surface area contributed by atoms with E-state index in [9.17, 15) is 9.59 Å². The summed E-state index contributed by atoms with van der Waals surface area (Å²) in [5.74, 6) is -0.184. The van der Waals surface area contributed by atoms with Gasteiger partial charge in [-0.15, -0.1) is 0 Å². The molecule has 0 saturated heterocycles. The lowest BCUT2D eigenvalue weighted by molar-refractivity contribution is -0.117. The van der Waals surface area contributed by atoms with Crippen molar-refractivity contribution in [2.45, 2.75) is 51.4 Å². The molecule has 28 heavy (non-hydrogen) atoms. The Balaban J connectivity index is 3.35. The fourth-order valence-electron chi connectivity index (χ4n) is 2.96. The summed E-state index contributed by atoms with van der Waals surface area (Å²) in [4.78, 5) is 26.8. The van der Waals surface area contributed by atoms with Gasteiger partial charge in [0.1, 0.15) is 0 Å². The molecule has 0 aromatic carbocycles. The summed E-state index contributed by atoms with van der Waals surface area (Å²) in [6.07, 6.45) is 12.3. The number of rotatable bonds is 19. The monoisotopic (exact) mass is 394 g/mol. The molecule has 0 saturated carbocycles. The van der Waals surface area contributed by atoms with E-state index < -0.39 is 0 Å². The Morgan fingerprint density at radius 2 is 0.964 bits per heavy atom. The van der Waals surface area contributed by atoms with E-state index in [1.807, 2.05) is 0 Å². The fourth-order valence-corrected chi connectivity index (χ4v) is 2.96. The highest BCUT2D eigenvalue weighted by molar-refractivity contribution is 5.87. The van der Waals surface area contributed by atoms with Gasteiger partial charge < -0.3 is 20.4 Å². The van der Waals surface area contributed by atoms with Gasteiger partial charge in [0, 0.05) is 13.1 Å². The summed E-state index contributed by atoms with van der Waals surface area (Å²) in [6.45, 7) is 12.6. The van der Waals surface area contributed by atoms with Crippen LogP contribution >= 0.6 is 0 Å². The van der Waals surface area contributed by atoms with Crippen molar-refractivity contribution in [1.29, 1.82) is 0 Å². The third-order valence-corrected chi connectivity index (χ3v) is 4.73. The number of hydrogen-bond donors (Lipinski definition) is 2. The molecule has 2 amide bonds. The second kappa shape index (κ2) is 18.7. The first kappa shape index (κ1) is 26.3. The Hall–Kier alpha value is -1.66. The first-order valence-corrected chi connectivity index (χ1v) is 10.7. The molecule has 0 aromatic heterocycles. The van der Waals surface area contributed by atoms with Crippen molar-refractivity contribution < 1.29 is 9.59 Å². The number of nitrogens with one attached hydrogen (secondary N) is 2. The van der Waals surface area contributed by atoms with E-state index in [0.29, 0.717) is 13.1 Å². The molecular formula is C22H42N4O2. The highest BCUT2D eigenvalue weighted by Gasteiger charge is 2.01. The zero-order chi connectivity index (χ0) is 21.0. The minimum absolute atomic E-state index is 0.0918. The summed E-state index contributed by atoms with van der Waals surface area (Å²) in [5.41, 5.74) is 0. The minimum Gasteiger partial charge on any atom is -0.353 e. The molecule has 0 aliphatic rings. The van der Waals surface area contributed by atoms with Crippen LogP contribution in [0.5, 0.6) is 0 Å². The summed E-state index contributed by atoms with van der Waals surface area (Å²) in [6, 6.07) is 0. The molecule has 0 bridgehead atoms. The Bertz CT molecular complexity index is 400. The maximum atomic E-state index is 11.0. The van der Waals surface area contributed by atoms with Crippen LogP contribution in [0.3, 0.4) is 0 Å². The van der Waals surface area contributed by atoms with E-state index in [1.165, 1.54) is 50.7 Å². The van der Waals surface area contributed by atoms with Crippen molar-refractivity contribution >= 4 is 11.8 Å². The minimum atomic E-state index is -0.0918. The van der Waals surface area contributed by atoms with Crippen LogP contribution in [0.4, 0.5) is 0 Å². The Morgan fingerprint density at radius 1 is 0.643 bits per heavy atom. The van der Waals surface area contributed by atoms with E-state index >= 15 is 0 Å². The SMILES string of the molecule is C=CC(=O)NCCCN(C)CCCCCCCCN(C)CCCNC(=O)C=C. The third kappa shape index (κ3) is 17.7. The van der Waals surface area contributed by atoms with Crippen LogP contribution in [0.15, 0.2) is 25.3 Å². The lowest BCUT2D eigenvalue weighted by Crippen LogP contribution is -2.27. The van der Waals surface area contributed by atoms with E-state index in [2.05, 4.69) is 47.7 Å². The molecule has 0 fully saturated rings. The molecular weight excluding hydrogens is 352 g/mol. The molecule has 0 heterocycles. The molecule has 0 aliphatic heterocycles. The standard InChI is InChI=1S/C22H42N4O2/c1-5-21(27)23-15-13-19-25(3)17-11-9-7-8-10-12-18-26(4)20-14-16-24-22(28)6-2/h5-6H,1-2,7-20H2,3-4H3,(H,23,27)(H,24,28). The molecule has 0 radical (unpaired) electrons. The average Bonchev–Trinajstić information content (AvgIpc) is 2.69. The predicted molar refractivity (Wildman–Crippen MR) is 118 cm³/mol. The van der Waals surface area contributed by atoms with Crippen LogP contribution < -0.4 is 10.6 Å². The van der Waals surface area contributed by atoms with Crippen molar-refractivity contribution in [2.75, 3.05) is 53.4 Å². The molecule has 0 unspecified atom stereocenters. The Labute approximate surface area is 172 Å². The van der Waals surface area contributed by atoms with Crippen LogP contribution in [-0.4, -0.2) is 75.0 Å². The second-order valence-corrected chi connectivity index (χ2v) is 7.43. The van der Waals surface area contributed by atoms with Gasteiger partial charge in [-0.2, -0.15) is 0 Å². The summed E-state index contributed by atoms with van der Waals surface area (Å²) < 4.78 is 0. The topological polar surface area (TPSA) is 64.7 Å². The van der Waals surface area contributed by atoms with Crippen LogP contribution in [0, 0.1) is 0 Å². The zero-order valence-corrected chi connectivity index (χ0v) is 18.2. The fraction of sp³-hybridized carbons (Fsp3) is 0.727. The van der Waals surface area contributed by atoms with Crippen molar-refractivity contribution in [1.82, 2.24) is 20.4 Å². The zero-order valence-electron chi connectivity index (χ0n) is 18.2. The molecule has 0 aromatic rings. The van der Waals surface area contributed by atoms with Crippen LogP contribution in [0.1, 0.15) is 51.4 Å². The van der Waals surface area contributed by atoms with Crippen molar-refractivity contribution in [3.63, 3.8) is 0 Å². The quantitative estimate of drug-likeness (QED) is 0.261. The highest BCUT2D eigenvalue weighted by Crippen LogP contribution is 2.07. The largest absolute Gasteiger partial charge is 0.353 e. The molecule has 0 rings (SSSR count). The third-order valence-electron chi connectivity index (χ3n) is 4.73. The number of amides is 2. The lowest BCUT2D eigenvalue weighted by Gasteiger charge is -2.17. The number of carbonyl (C=O) groups excluding carboxylic acids is 2.